The van der Waals surface area contributed by atoms with E-state index in [9.17, 15) is 8.42 Å². The molecule has 17 heavy (non-hydrogen) atoms. The van der Waals surface area contributed by atoms with Crippen LogP contribution in [-0.4, -0.2) is 18.4 Å². The highest BCUT2D eigenvalue weighted by atomic mass is 32.2. The molecule has 0 unspecified atom stereocenters. The van der Waals surface area contributed by atoms with Crippen LogP contribution in [0.1, 0.15) is 11.4 Å². The molecule has 5 nitrogen and oxygen atoms in total. The number of benzene rings is 1. The van der Waals surface area contributed by atoms with Crippen molar-refractivity contribution in [2.45, 2.75) is 12.3 Å². The molecule has 0 aliphatic carbocycles. The number of sulfonamides is 1. The van der Waals surface area contributed by atoms with Crippen LogP contribution in [0, 0.1) is 0 Å². The third-order valence-electron chi connectivity index (χ3n) is 2.21. The normalized spacial score (nSPS) is 11.5. The highest BCUT2D eigenvalue weighted by Gasteiger charge is 2.11. The van der Waals surface area contributed by atoms with E-state index >= 15 is 0 Å². The first-order valence-corrected chi connectivity index (χ1v) is 6.80. The van der Waals surface area contributed by atoms with Crippen molar-refractivity contribution in [2.75, 3.05) is 0 Å². The molecule has 0 saturated heterocycles. The summed E-state index contributed by atoms with van der Waals surface area (Å²) in [5.41, 5.74) is 0.763. The Morgan fingerprint density at radius 3 is 2.65 bits per heavy atom. The molecule has 6 heteroatoms. The molecule has 2 rings (SSSR count). The molecule has 1 aromatic heterocycles. The molecule has 2 N–H and O–H groups in total. The summed E-state index contributed by atoms with van der Waals surface area (Å²) in [6.07, 6.45) is 3.24. The van der Waals surface area contributed by atoms with Gasteiger partial charge in [-0.25, -0.2) is 18.1 Å². The molecule has 90 valence electrons. The Morgan fingerprint density at radius 2 is 2.00 bits per heavy atom. The lowest BCUT2D eigenvalue weighted by atomic mass is 10.2. The van der Waals surface area contributed by atoms with E-state index < -0.39 is 10.0 Å². The maximum absolute atomic E-state index is 11.7. The summed E-state index contributed by atoms with van der Waals surface area (Å²) >= 11 is 0. The SMILES string of the molecule is O=S(=O)(Cc1ccccc1)NCc1ncc[nH]1. The van der Waals surface area contributed by atoms with E-state index in [1.54, 1.807) is 24.5 Å². The first kappa shape index (κ1) is 11.8. The Balaban J connectivity index is 1.96. The second-order valence-corrected chi connectivity index (χ2v) is 5.41. The number of rotatable bonds is 5. The van der Waals surface area contributed by atoms with Crippen molar-refractivity contribution < 1.29 is 8.42 Å². The minimum Gasteiger partial charge on any atom is -0.347 e. The molecule has 1 heterocycles. The van der Waals surface area contributed by atoms with E-state index in [4.69, 9.17) is 0 Å². The summed E-state index contributed by atoms with van der Waals surface area (Å²) in [6, 6.07) is 9.05. The van der Waals surface area contributed by atoms with Crippen molar-refractivity contribution in [2.24, 2.45) is 0 Å². The van der Waals surface area contributed by atoms with Crippen LogP contribution in [0.4, 0.5) is 0 Å². The van der Waals surface area contributed by atoms with Gasteiger partial charge in [0.15, 0.2) is 0 Å². The molecular weight excluding hydrogens is 238 g/mol. The Hall–Kier alpha value is -1.66. The lowest BCUT2D eigenvalue weighted by Gasteiger charge is -2.05. The Labute approximate surface area is 100.0 Å². The first-order chi connectivity index (χ1) is 8.16. The summed E-state index contributed by atoms with van der Waals surface area (Å²) < 4.78 is 26.0. The monoisotopic (exact) mass is 251 g/mol. The Bertz CT molecular complexity index is 550. The Morgan fingerprint density at radius 1 is 1.24 bits per heavy atom. The summed E-state index contributed by atoms with van der Waals surface area (Å²) in [6.45, 7) is 0.183. The van der Waals surface area contributed by atoms with Crippen LogP contribution in [0.5, 0.6) is 0 Å². The second kappa shape index (κ2) is 5.11. The Kier molecular flexibility index (Phi) is 3.55. The van der Waals surface area contributed by atoms with Crippen molar-refractivity contribution in [3.05, 3.63) is 54.1 Å². The predicted molar refractivity (Wildman–Crippen MR) is 64.5 cm³/mol. The first-order valence-electron chi connectivity index (χ1n) is 5.15. The fraction of sp³-hybridized carbons (Fsp3) is 0.182. The molecule has 0 aliphatic rings. The van der Waals surface area contributed by atoms with Gasteiger partial charge in [-0.05, 0) is 5.56 Å². The van der Waals surface area contributed by atoms with Crippen molar-refractivity contribution in [1.82, 2.24) is 14.7 Å². The molecule has 0 aliphatic heterocycles. The van der Waals surface area contributed by atoms with Crippen LogP contribution in [0.15, 0.2) is 42.7 Å². The number of imidazole rings is 1. The van der Waals surface area contributed by atoms with Gasteiger partial charge < -0.3 is 4.98 Å². The third kappa shape index (κ3) is 3.69. The fourth-order valence-corrected chi connectivity index (χ4v) is 2.51. The average molecular weight is 251 g/mol. The van der Waals surface area contributed by atoms with Gasteiger partial charge in [0.05, 0.1) is 12.3 Å². The van der Waals surface area contributed by atoms with E-state index in [-0.39, 0.29) is 12.3 Å². The predicted octanol–water partition coefficient (Wildman–Crippen LogP) is 1.03. The van der Waals surface area contributed by atoms with Gasteiger partial charge >= 0.3 is 0 Å². The quantitative estimate of drug-likeness (QED) is 0.833. The van der Waals surface area contributed by atoms with Gasteiger partial charge in [-0.15, -0.1) is 0 Å². The van der Waals surface area contributed by atoms with Gasteiger partial charge in [0.25, 0.3) is 0 Å². The van der Waals surface area contributed by atoms with Crippen molar-refractivity contribution in [3.63, 3.8) is 0 Å². The molecule has 0 spiro atoms. The van der Waals surface area contributed by atoms with Crippen molar-refractivity contribution in [1.29, 1.82) is 0 Å². The molecular formula is C11H13N3O2S. The molecule has 2 aromatic rings. The molecule has 1 aromatic carbocycles. The summed E-state index contributed by atoms with van der Waals surface area (Å²) in [4.78, 5) is 6.78. The molecule has 0 saturated carbocycles. The largest absolute Gasteiger partial charge is 0.347 e. The standard InChI is InChI=1S/C11H13N3O2S/c15-17(16,9-10-4-2-1-3-5-10)14-8-11-12-6-7-13-11/h1-7,14H,8-9H2,(H,12,13). The van der Waals surface area contributed by atoms with Gasteiger partial charge in [-0.2, -0.15) is 0 Å². The van der Waals surface area contributed by atoms with Crippen LogP contribution >= 0.6 is 0 Å². The molecule has 0 amide bonds. The lowest BCUT2D eigenvalue weighted by molar-refractivity contribution is 0.579. The maximum atomic E-state index is 11.7. The van der Waals surface area contributed by atoms with E-state index in [1.165, 1.54) is 0 Å². The van der Waals surface area contributed by atoms with Crippen molar-refractivity contribution in [3.8, 4) is 0 Å². The summed E-state index contributed by atoms with van der Waals surface area (Å²) in [5.74, 6) is 0.579. The highest BCUT2D eigenvalue weighted by molar-refractivity contribution is 7.88. The fourth-order valence-electron chi connectivity index (χ4n) is 1.42. The van der Waals surface area contributed by atoms with E-state index in [0.717, 1.165) is 5.56 Å². The zero-order valence-electron chi connectivity index (χ0n) is 9.13. The third-order valence-corrected chi connectivity index (χ3v) is 3.51. The molecule has 0 bridgehead atoms. The van der Waals surface area contributed by atoms with Gasteiger partial charge in [0.1, 0.15) is 5.82 Å². The van der Waals surface area contributed by atoms with Gasteiger partial charge in [0, 0.05) is 12.4 Å². The van der Waals surface area contributed by atoms with Crippen molar-refractivity contribution >= 4 is 10.0 Å². The van der Waals surface area contributed by atoms with Crippen LogP contribution in [-0.2, 0) is 22.3 Å². The van der Waals surface area contributed by atoms with E-state index in [2.05, 4.69) is 14.7 Å². The number of nitrogens with zero attached hydrogens (tertiary/aromatic N) is 1. The number of nitrogens with one attached hydrogen (secondary N) is 2. The summed E-state index contributed by atoms with van der Waals surface area (Å²) in [5, 5.41) is 0. The summed E-state index contributed by atoms with van der Waals surface area (Å²) in [7, 11) is -3.32. The number of hydrogen-bond donors (Lipinski definition) is 2. The number of hydrogen-bond acceptors (Lipinski definition) is 3. The van der Waals surface area contributed by atoms with Gasteiger partial charge in [-0.1, -0.05) is 30.3 Å². The lowest BCUT2D eigenvalue weighted by Crippen LogP contribution is -2.25. The minimum absolute atomic E-state index is 0.0193. The topological polar surface area (TPSA) is 74.8 Å². The van der Waals surface area contributed by atoms with Gasteiger partial charge in [0.2, 0.25) is 10.0 Å². The second-order valence-electron chi connectivity index (χ2n) is 3.60. The van der Waals surface area contributed by atoms with E-state index in [1.807, 2.05) is 18.2 Å². The number of H-pyrrole nitrogens is 1. The minimum atomic E-state index is -3.32. The average Bonchev–Trinajstić information content (AvgIpc) is 2.80. The van der Waals surface area contributed by atoms with Crippen LogP contribution < -0.4 is 4.72 Å². The van der Waals surface area contributed by atoms with Crippen LogP contribution in [0.3, 0.4) is 0 Å². The van der Waals surface area contributed by atoms with Crippen LogP contribution in [0.2, 0.25) is 0 Å². The van der Waals surface area contributed by atoms with Crippen LogP contribution in [0.25, 0.3) is 0 Å². The number of aromatic nitrogens is 2. The zero-order chi connectivity index (χ0) is 12.1. The smallest absolute Gasteiger partial charge is 0.216 e. The molecule has 0 atom stereocenters. The zero-order valence-corrected chi connectivity index (χ0v) is 9.94. The molecule has 0 fully saturated rings. The number of aromatic amines is 1. The van der Waals surface area contributed by atoms with Gasteiger partial charge in [-0.3, -0.25) is 0 Å². The molecule has 0 radical (unpaired) electrons. The van der Waals surface area contributed by atoms with E-state index in [0.29, 0.717) is 5.82 Å². The maximum Gasteiger partial charge on any atom is 0.216 e. The highest BCUT2D eigenvalue weighted by Crippen LogP contribution is 2.04.